The molecule has 0 atom stereocenters. The summed E-state index contributed by atoms with van der Waals surface area (Å²) in [5, 5.41) is 13.4. The zero-order valence-electron chi connectivity index (χ0n) is 13.0. The van der Waals surface area contributed by atoms with E-state index in [9.17, 15) is 5.11 Å². The Morgan fingerprint density at radius 3 is 1.87 bits per heavy atom. The van der Waals surface area contributed by atoms with Gasteiger partial charge in [0.15, 0.2) is 0 Å². The van der Waals surface area contributed by atoms with E-state index in [1.54, 1.807) is 0 Å². The molecule has 2 aliphatic carbocycles. The Balaban J connectivity index is 1.97. The van der Waals surface area contributed by atoms with Gasteiger partial charge in [-0.25, -0.2) is 0 Å². The molecule has 0 radical (unpaired) electrons. The number of hydrogen-bond donors (Lipinski definition) is 1. The highest BCUT2D eigenvalue weighted by Gasteiger charge is 2.46. The molecule has 0 amide bonds. The lowest BCUT2D eigenvalue weighted by atomic mass is 9.65. The van der Waals surface area contributed by atoms with Gasteiger partial charge in [0, 0.05) is 16.5 Å². The summed E-state index contributed by atoms with van der Waals surface area (Å²) in [4.78, 5) is 0. The van der Waals surface area contributed by atoms with Gasteiger partial charge in [0.05, 0.1) is 0 Å². The van der Waals surface area contributed by atoms with Crippen LogP contribution in [0, 0.1) is 5.92 Å². The summed E-state index contributed by atoms with van der Waals surface area (Å²) in [5.74, 6) is 0.228. The topological polar surface area (TPSA) is 20.2 Å². The molecule has 2 aromatic rings. The van der Waals surface area contributed by atoms with Crippen LogP contribution in [0.2, 0.25) is 10.0 Å². The molecule has 0 unspecified atom stereocenters. The molecule has 1 saturated carbocycles. The van der Waals surface area contributed by atoms with E-state index in [1.807, 2.05) is 36.4 Å². The van der Waals surface area contributed by atoms with Crippen molar-refractivity contribution < 1.29 is 5.11 Å². The van der Waals surface area contributed by atoms with Crippen molar-refractivity contribution in [3.63, 3.8) is 0 Å². The first kappa shape index (κ1) is 15.5. The number of hydrogen-bond acceptors (Lipinski definition) is 1. The van der Waals surface area contributed by atoms with Crippen LogP contribution in [0.15, 0.2) is 36.4 Å². The minimum absolute atomic E-state index is 0.228. The van der Waals surface area contributed by atoms with Crippen LogP contribution in [-0.2, 0) is 12.0 Å². The average molecular weight is 347 g/mol. The van der Waals surface area contributed by atoms with Crippen LogP contribution >= 0.6 is 23.2 Å². The number of fused-ring (bicyclic) bond motifs is 2. The van der Waals surface area contributed by atoms with E-state index < -0.39 is 5.60 Å². The van der Waals surface area contributed by atoms with E-state index in [2.05, 4.69) is 0 Å². The van der Waals surface area contributed by atoms with Crippen molar-refractivity contribution in [2.75, 3.05) is 0 Å². The molecule has 23 heavy (non-hydrogen) atoms. The molecule has 0 saturated heterocycles. The summed E-state index contributed by atoms with van der Waals surface area (Å²) < 4.78 is 0. The number of aliphatic hydroxyl groups is 1. The summed E-state index contributed by atoms with van der Waals surface area (Å²) >= 11 is 12.9. The molecule has 0 aliphatic heterocycles. The highest BCUT2D eigenvalue weighted by molar-refractivity contribution is 6.32. The van der Waals surface area contributed by atoms with Crippen molar-refractivity contribution in [3.05, 3.63) is 68.7 Å². The van der Waals surface area contributed by atoms with Crippen molar-refractivity contribution in [1.29, 1.82) is 0 Å². The van der Waals surface area contributed by atoms with Gasteiger partial charge < -0.3 is 5.11 Å². The third-order valence-corrected chi connectivity index (χ3v) is 6.32. The molecule has 1 N–H and O–H groups in total. The molecular formula is C20H20Cl2O. The molecule has 0 spiro atoms. The lowest BCUT2D eigenvalue weighted by Gasteiger charge is -2.44. The van der Waals surface area contributed by atoms with Crippen molar-refractivity contribution in [1.82, 2.24) is 0 Å². The summed E-state index contributed by atoms with van der Waals surface area (Å²) in [6.07, 6.45) is 6.41. The van der Waals surface area contributed by atoms with Crippen LogP contribution in [0.3, 0.4) is 0 Å². The molecule has 120 valence electrons. The van der Waals surface area contributed by atoms with E-state index >= 15 is 0 Å². The fourth-order valence-electron chi connectivity index (χ4n) is 4.47. The molecule has 4 rings (SSSR count). The Labute approximate surface area is 147 Å². The van der Waals surface area contributed by atoms with Gasteiger partial charge in [0.25, 0.3) is 0 Å². The Kier molecular flexibility index (Phi) is 3.91. The maximum atomic E-state index is 11.9. The summed E-state index contributed by atoms with van der Waals surface area (Å²) in [7, 11) is 0. The van der Waals surface area contributed by atoms with Crippen LogP contribution in [0.25, 0.3) is 0 Å². The fourth-order valence-corrected chi connectivity index (χ4v) is 4.96. The normalized spacial score (nSPS) is 20.0. The monoisotopic (exact) mass is 346 g/mol. The van der Waals surface area contributed by atoms with Gasteiger partial charge in [-0.2, -0.15) is 0 Å². The number of benzene rings is 2. The van der Waals surface area contributed by atoms with Crippen molar-refractivity contribution in [2.24, 2.45) is 5.92 Å². The Morgan fingerprint density at radius 2 is 1.35 bits per heavy atom. The third kappa shape index (κ3) is 2.33. The average Bonchev–Trinajstić information content (AvgIpc) is 2.58. The highest BCUT2D eigenvalue weighted by atomic mass is 35.5. The molecule has 1 fully saturated rings. The number of halogens is 2. The minimum Gasteiger partial charge on any atom is -0.380 e. The number of rotatable bonds is 1. The second-order valence-electron chi connectivity index (χ2n) is 6.81. The minimum atomic E-state index is -0.973. The molecule has 2 aliphatic rings. The van der Waals surface area contributed by atoms with E-state index in [0.29, 0.717) is 6.42 Å². The Bertz CT molecular complexity index is 696. The summed E-state index contributed by atoms with van der Waals surface area (Å²) in [6.45, 7) is 0. The Hall–Kier alpha value is -1.02. The van der Waals surface area contributed by atoms with Crippen LogP contribution < -0.4 is 0 Å². The lowest BCUT2D eigenvalue weighted by Crippen LogP contribution is -2.41. The fraction of sp³-hybridized carbons (Fsp3) is 0.400. The van der Waals surface area contributed by atoms with E-state index in [4.69, 9.17) is 23.2 Å². The first-order valence-electron chi connectivity index (χ1n) is 8.40. The largest absolute Gasteiger partial charge is 0.380 e. The quantitative estimate of drug-likeness (QED) is 0.700. The van der Waals surface area contributed by atoms with Crippen molar-refractivity contribution in [3.8, 4) is 0 Å². The molecule has 3 heteroatoms. The van der Waals surface area contributed by atoms with Gasteiger partial charge in [-0.15, -0.1) is 0 Å². The maximum Gasteiger partial charge on any atom is 0.118 e. The van der Waals surface area contributed by atoms with Crippen molar-refractivity contribution in [2.45, 2.75) is 44.1 Å². The standard InChI is InChI=1S/C20H20Cl2O/c21-18-10-4-8-16-14(18)12-15-17(9-5-11-19(15)22)20(16,23)13-6-2-1-3-7-13/h4-5,8-11,13,23H,1-3,6-7,12H2. The zero-order valence-corrected chi connectivity index (χ0v) is 14.5. The predicted molar refractivity (Wildman–Crippen MR) is 95.3 cm³/mol. The molecule has 1 nitrogen and oxygen atoms in total. The molecule has 0 aromatic heterocycles. The first-order chi connectivity index (χ1) is 11.1. The molecule has 2 aromatic carbocycles. The maximum absolute atomic E-state index is 11.9. The van der Waals surface area contributed by atoms with Gasteiger partial charge in [-0.05, 0) is 53.1 Å². The van der Waals surface area contributed by atoms with Crippen LogP contribution in [0.4, 0.5) is 0 Å². The molecule has 0 heterocycles. The van der Waals surface area contributed by atoms with Crippen molar-refractivity contribution >= 4 is 23.2 Å². The van der Waals surface area contributed by atoms with Gasteiger partial charge in [-0.1, -0.05) is 66.7 Å². The van der Waals surface area contributed by atoms with E-state index in [1.165, 1.54) is 19.3 Å². The Morgan fingerprint density at radius 1 is 0.826 bits per heavy atom. The van der Waals surface area contributed by atoms with Crippen LogP contribution in [0.1, 0.15) is 54.4 Å². The second-order valence-corrected chi connectivity index (χ2v) is 7.62. The predicted octanol–water partition coefficient (Wildman–Crippen LogP) is 5.71. The summed E-state index contributed by atoms with van der Waals surface area (Å²) in [5.41, 5.74) is 3.04. The zero-order chi connectivity index (χ0) is 16.0. The molecular weight excluding hydrogens is 327 g/mol. The smallest absolute Gasteiger partial charge is 0.118 e. The van der Waals surface area contributed by atoms with E-state index in [0.717, 1.165) is 45.1 Å². The summed E-state index contributed by atoms with van der Waals surface area (Å²) in [6, 6.07) is 11.8. The van der Waals surface area contributed by atoms with Crippen LogP contribution in [0.5, 0.6) is 0 Å². The van der Waals surface area contributed by atoms with Gasteiger partial charge in [0.1, 0.15) is 5.60 Å². The van der Waals surface area contributed by atoms with Gasteiger partial charge in [-0.3, -0.25) is 0 Å². The SMILES string of the molecule is OC1(C2CCCCC2)c2cccc(Cl)c2Cc2c(Cl)cccc21. The molecule has 0 bridgehead atoms. The third-order valence-electron chi connectivity index (χ3n) is 5.61. The lowest BCUT2D eigenvalue weighted by molar-refractivity contribution is -0.00390. The van der Waals surface area contributed by atoms with Gasteiger partial charge >= 0.3 is 0 Å². The second kappa shape index (κ2) is 5.81. The van der Waals surface area contributed by atoms with E-state index in [-0.39, 0.29) is 5.92 Å². The highest BCUT2D eigenvalue weighted by Crippen LogP contribution is 2.51. The first-order valence-corrected chi connectivity index (χ1v) is 9.16. The van der Waals surface area contributed by atoms with Crippen LogP contribution in [-0.4, -0.2) is 5.11 Å². The van der Waals surface area contributed by atoms with Gasteiger partial charge in [0.2, 0.25) is 0 Å².